The molecule has 0 amide bonds. The largest absolute Gasteiger partial charge is 0.465 e. The lowest BCUT2D eigenvalue weighted by atomic mass is 9.72. The van der Waals surface area contributed by atoms with Crippen LogP contribution < -0.4 is 4.74 Å². The summed E-state index contributed by atoms with van der Waals surface area (Å²) in [6, 6.07) is 7.98. The molecule has 0 aromatic heterocycles. The number of hydrogen-bond donors (Lipinski definition) is 0. The van der Waals surface area contributed by atoms with Crippen LogP contribution in [0.15, 0.2) is 47.4 Å². The molecule has 0 radical (unpaired) electrons. The number of benzene rings is 1. The molecule has 3 heteroatoms. The van der Waals surface area contributed by atoms with Crippen molar-refractivity contribution in [1.82, 2.24) is 4.90 Å². The summed E-state index contributed by atoms with van der Waals surface area (Å²) < 4.78 is 5.82. The van der Waals surface area contributed by atoms with E-state index in [2.05, 4.69) is 32.7 Å². The third-order valence-corrected chi connectivity index (χ3v) is 4.71. The van der Waals surface area contributed by atoms with Crippen LogP contribution in [0.25, 0.3) is 0 Å². The molecule has 1 aliphatic carbocycles. The minimum Gasteiger partial charge on any atom is -0.465 e. The number of carbonyl (C=O) groups is 1. The maximum Gasteiger partial charge on any atom is 0.165 e. The highest BCUT2D eigenvalue weighted by Gasteiger charge is 2.37. The van der Waals surface area contributed by atoms with Crippen LogP contribution >= 0.6 is 0 Å². The number of ketones is 1. The van der Waals surface area contributed by atoms with Gasteiger partial charge in [0, 0.05) is 36.9 Å². The Kier molecular flexibility index (Phi) is 4.05. The zero-order chi connectivity index (χ0) is 16.6. The van der Waals surface area contributed by atoms with E-state index < -0.39 is 0 Å². The topological polar surface area (TPSA) is 29.5 Å². The molecular formula is C20H25NO2. The summed E-state index contributed by atoms with van der Waals surface area (Å²) in [5.74, 6) is 1.06. The molecule has 0 atom stereocenters. The maximum absolute atomic E-state index is 12.7. The van der Waals surface area contributed by atoms with Gasteiger partial charge >= 0.3 is 0 Å². The molecule has 2 aliphatic rings. The summed E-state index contributed by atoms with van der Waals surface area (Å²) in [5.41, 5.74) is 4.37. The number of hydrogen-bond acceptors (Lipinski definition) is 3. The molecule has 1 aromatic carbocycles. The van der Waals surface area contributed by atoms with Crippen molar-refractivity contribution in [3.8, 4) is 5.75 Å². The summed E-state index contributed by atoms with van der Waals surface area (Å²) in [7, 11) is 2.08. The molecule has 23 heavy (non-hydrogen) atoms. The average Bonchev–Trinajstić information content (AvgIpc) is 2.48. The van der Waals surface area contributed by atoms with Crippen molar-refractivity contribution in [3.05, 3.63) is 52.9 Å². The Morgan fingerprint density at radius 3 is 2.57 bits per heavy atom. The zero-order valence-electron chi connectivity index (χ0n) is 14.5. The Labute approximate surface area is 138 Å². The number of carbonyl (C=O) groups excluding carboxylic acids is 1. The normalized spacial score (nSPS) is 22.3. The third-order valence-electron chi connectivity index (χ3n) is 4.71. The fourth-order valence-electron chi connectivity index (χ4n) is 3.40. The Morgan fingerprint density at radius 1 is 1.17 bits per heavy atom. The second kappa shape index (κ2) is 5.88. The van der Waals surface area contributed by atoms with Gasteiger partial charge < -0.3 is 9.64 Å². The van der Waals surface area contributed by atoms with E-state index in [1.54, 1.807) is 6.26 Å². The van der Waals surface area contributed by atoms with Gasteiger partial charge in [-0.3, -0.25) is 4.79 Å². The fraction of sp³-hybridized carbons (Fsp3) is 0.450. The molecule has 1 heterocycles. The third kappa shape index (κ3) is 3.34. The Bertz CT molecular complexity index is 680. The minimum absolute atomic E-state index is 0.0461. The summed E-state index contributed by atoms with van der Waals surface area (Å²) in [5, 5.41) is 0. The molecule has 0 fully saturated rings. The van der Waals surface area contributed by atoms with Crippen molar-refractivity contribution in [2.24, 2.45) is 5.41 Å². The molecule has 3 nitrogen and oxygen atoms in total. The van der Waals surface area contributed by atoms with Crippen LogP contribution in [0, 0.1) is 12.3 Å². The van der Waals surface area contributed by atoms with Gasteiger partial charge in [-0.1, -0.05) is 31.5 Å². The van der Waals surface area contributed by atoms with Gasteiger partial charge in [-0.25, -0.2) is 0 Å². The average molecular weight is 311 g/mol. The maximum atomic E-state index is 12.7. The molecule has 122 valence electrons. The van der Waals surface area contributed by atoms with Gasteiger partial charge in [0.15, 0.2) is 5.78 Å². The first-order chi connectivity index (χ1) is 10.9. The number of nitrogens with zero attached hydrogens (tertiary/aromatic N) is 1. The highest BCUT2D eigenvalue weighted by molar-refractivity contribution is 6.01. The second-order valence-corrected chi connectivity index (χ2v) is 7.51. The van der Waals surface area contributed by atoms with E-state index >= 15 is 0 Å². The van der Waals surface area contributed by atoms with Crippen LogP contribution in [0.5, 0.6) is 5.75 Å². The highest BCUT2D eigenvalue weighted by Crippen LogP contribution is 2.42. The van der Waals surface area contributed by atoms with Crippen LogP contribution in [-0.4, -0.2) is 24.3 Å². The summed E-state index contributed by atoms with van der Waals surface area (Å²) in [6.07, 6.45) is 4.20. The fourth-order valence-corrected chi connectivity index (χ4v) is 3.40. The van der Waals surface area contributed by atoms with E-state index in [4.69, 9.17) is 4.74 Å². The van der Waals surface area contributed by atoms with Crippen LogP contribution in [0.2, 0.25) is 0 Å². The smallest absolute Gasteiger partial charge is 0.165 e. The van der Waals surface area contributed by atoms with Crippen molar-refractivity contribution in [2.75, 3.05) is 13.6 Å². The predicted octanol–water partition coefficient (Wildman–Crippen LogP) is 4.24. The lowest BCUT2D eigenvalue weighted by molar-refractivity contribution is -0.118. The molecule has 0 saturated carbocycles. The van der Waals surface area contributed by atoms with E-state index in [1.807, 2.05) is 24.3 Å². The summed E-state index contributed by atoms with van der Waals surface area (Å²) in [4.78, 5) is 14.9. The lowest BCUT2D eigenvalue weighted by Gasteiger charge is -2.40. The highest BCUT2D eigenvalue weighted by atomic mass is 16.5. The van der Waals surface area contributed by atoms with Gasteiger partial charge in [0.1, 0.15) is 5.75 Å². The molecule has 0 spiro atoms. The van der Waals surface area contributed by atoms with E-state index in [0.29, 0.717) is 6.42 Å². The Balaban J connectivity index is 1.90. The van der Waals surface area contributed by atoms with Gasteiger partial charge in [0.2, 0.25) is 0 Å². The molecule has 0 N–H and O–H groups in total. The number of ether oxygens (including phenoxy) is 1. The minimum atomic E-state index is 0.0461. The molecule has 0 bridgehead atoms. The first-order valence-corrected chi connectivity index (χ1v) is 8.26. The van der Waals surface area contributed by atoms with E-state index in [0.717, 1.165) is 36.3 Å². The van der Waals surface area contributed by atoms with Gasteiger partial charge in [-0.15, -0.1) is 0 Å². The zero-order valence-corrected chi connectivity index (χ0v) is 14.5. The van der Waals surface area contributed by atoms with E-state index in [-0.39, 0.29) is 11.2 Å². The van der Waals surface area contributed by atoms with E-state index in [9.17, 15) is 4.79 Å². The SMILES string of the molecule is Cc1ccc(O/C=C2\CCN(C)C3=C2C(=O)CC(C)(C)C3)cc1. The molecule has 1 aromatic rings. The van der Waals surface area contributed by atoms with E-state index in [1.165, 1.54) is 11.3 Å². The number of aryl methyl sites for hydroxylation is 1. The molecular weight excluding hydrogens is 286 g/mol. The van der Waals surface area contributed by atoms with Crippen LogP contribution in [0.4, 0.5) is 0 Å². The number of rotatable bonds is 2. The van der Waals surface area contributed by atoms with Crippen molar-refractivity contribution in [2.45, 2.75) is 40.0 Å². The van der Waals surface area contributed by atoms with Gasteiger partial charge in [0.25, 0.3) is 0 Å². The Hall–Kier alpha value is -2.03. The number of Topliss-reactive ketones (excluding diaryl/α,β-unsaturated/α-hetero) is 1. The Morgan fingerprint density at radius 2 is 1.87 bits per heavy atom. The molecule has 0 saturated heterocycles. The van der Waals surface area contributed by atoms with Crippen LogP contribution in [0.1, 0.15) is 38.7 Å². The molecule has 0 unspecified atom stereocenters. The first-order valence-electron chi connectivity index (χ1n) is 8.26. The van der Waals surface area contributed by atoms with Crippen molar-refractivity contribution in [3.63, 3.8) is 0 Å². The van der Waals surface area contributed by atoms with Crippen molar-refractivity contribution in [1.29, 1.82) is 0 Å². The van der Waals surface area contributed by atoms with Gasteiger partial charge in [-0.2, -0.15) is 0 Å². The van der Waals surface area contributed by atoms with Crippen molar-refractivity contribution >= 4 is 5.78 Å². The van der Waals surface area contributed by atoms with Crippen molar-refractivity contribution < 1.29 is 9.53 Å². The molecule has 1 aliphatic heterocycles. The van der Waals surface area contributed by atoms with Gasteiger partial charge in [0.05, 0.1) is 6.26 Å². The summed E-state index contributed by atoms with van der Waals surface area (Å²) >= 11 is 0. The first kappa shape index (κ1) is 15.9. The number of allylic oxidation sites excluding steroid dienone is 2. The predicted molar refractivity (Wildman–Crippen MR) is 92.2 cm³/mol. The monoisotopic (exact) mass is 311 g/mol. The second-order valence-electron chi connectivity index (χ2n) is 7.51. The molecule has 3 rings (SSSR count). The van der Waals surface area contributed by atoms with Gasteiger partial charge in [-0.05, 0) is 37.3 Å². The van der Waals surface area contributed by atoms with Crippen LogP contribution in [-0.2, 0) is 4.79 Å². The standard InChI is InChI=1S/C20H25NO2/c1-14-5-7-16(8-6-14)23-13-15-9-10-21(4)17-11-20(2,3)12-18(22)19(15)17/h5-8,13H,9-12H2,1-4H3/b15-13+. The summed E-state index contributed by atoms with van der Waals surface area (Å²) in [6.45, 7) is 7.33. The lowest BCUT2D eigenvalue weighted by Crippen LogP contribution is -2.36. The quantitative estimate of drug-likeness (QED) is 0.765. The van der Waals surface area contributed by atoms with Crippen LogP contribution in [0.3, 0.4) is 0 Å².